The third kappa shape index (κ3) is 3.12. The Hall–Kier alpha value is -1.15. The Labute approximate surface area is 118 Å². The number of hydrogen-bond acceptors (Lipinski definition) is 4. The van der Waals surface area contributed by atoms with Crippen molar-refractivity contribution in [3.8, 4) is 0 Å². The third-order valence-electron chi connectivity index (χ3n) is 4.01. The SMILES string of the molecule is CC(NS(=O)(=O)C1CN(C(=O)C2CCCC2)C1)C(=O)O. The Morgan fingerprint density at radius 3 is 2.30 bits per heavy atom. The van der Waals surface area contributed by atoms with Crippen LogP contribution in [0.2, 0.25) is 0 Å². The van der Waals surface area contributed by atoms with E-state index in [9.17, 15) is 18.0 Å². The normalized spacial score (nSPS) is 22.6. The van der Waals surface area contributed by atoms with Gasteiger partial charge in [0.1, 0.15) is 11.3 Å². The molecule has 0 aromatic carbocycles. The minimum absolute atomic E-state index is 0.0419. The highest BCUT2D eigenvalue weighted by Gasteiger charge is 2.42. The van der Waals surface area contributed by atoms with Gasteiger partial charge >= 0.3 is 5.97 Å². The maximum Gasteiger partial charge on any atom is 0.321 e. The molecule has 0 bridgehead atoms. The molecule has 1 atom stereocenters. The van der Waals surface area contributed by atoms with Gasteiger partial charge in [-0.05, 0) is 19.8 Å². The number of hydrogen-bond donors (Lipinski definition) is 2. The summed E-state index contributed by atoms with van der Waals surface area (Å²) in [6, 6.07) is -1.15. The molecule has 1 saturated heterocycles. The first kappa shape index (κ1) is 15.2. The van der Waals surface area contributed by atoms with Crippen LogP contribution >= 0.6 is 0 Å². The van der Waals surface area contributed by atoms with Gasteiger partial charge in [0.05, 0.1) is 0 Å². The van der Waals surface area contributed by atoms with Gasteiger partial charge in [-0.1, -0.05) is 12.8 Å². The summed E-state index contributed by atoms with van der Waals surface area (Å²) in [5.41, 5.74) is 0. The molecule has 1 amide bonds. The van der Waals surface area contributed by atoms with Crippen LogP contribution in [0.5, 0.6) is 0 Å². The van der Waals surface area contributed by atoms with Crippen molar-refractivity contribution in [2.24, 2.45) is 5.92 Å². The van der Waals surface area contributed by atoms with Crippen molar-refractivity contribution in [3.05, 3.63) is 0 Å². The quantitative estimate of drug-likeness (QED) is 0.731. The number of nitrogens with zero attached hydrogens (tertiary/aromatic N) is 1. The van der Waals surface area contributed by atoms with Gasteiger partial charge in [-0.3, -0.25) is 9.59 Å². The van der Waals surface area contributed by atoms with E-state index in [-0.39, 0.29) is 24.9 Å². The van der Waals surface area contributed by atoms with Gasteiger partial charge < -0.3 is 10.0 Å². The third-order valence-corrected chi connectivity index (χ3v) is 5.87. The summed E-state index contributed by atoms with van der Waals surface area (Å²) in [7, 11) is -3.68. The van der Waals surface area contributed by atoms with Gasteiger partial charge in [-0.25, -0.2) is 13.1 Å². The van der Waals surface area contributed by atoms with Crippen LogP contribution in [0.15, 0.2) is 0 Å². The van der Waals surface area contributed by atoms with E-state index in [1.165, 1.54) is 6.92 Å². The maximum atomic E-state index is 12.0. The second-order valence-corrected chi connectivity index (χ2v) is 7.56. The molecular formula is C12H20N2O5S. The van der Waals surface area contributed by atoms with Crippen LogP contribution in [0, 0.1) is 5.92 Å². The zero-order chi connectivity index (χ0) is 14.9. The summed E-state index contributed by atoms with van der Waals surface area (Å²) in [4.78, 5) is 24.3. The fourth-order valence-corrected chi connectivity index (χ4v) is 4.18. The summed E-state index contributed by atoms with van der Waals surface area (Å²) in [6.07, 6.45) is 3.90. The summed E-state index contributed by atoms with van der Waals surface area (Å²) >= 11 is 0. The number of sulfonamides is 1. The molecule has 1 aliphatic carbocycles. The van der Waals surface area contributed by atoms with Crippen LogP contribution in [-0.4, -0.2) is 54.7 Å². The van der Waals surface area contributed by atoms with E-state index in [0.717, 1.165) is 25.7 Å². The van der Waals surface area contributed by atoms with Crippen molar-refractivity contribution in [1.82, 2.24) is 9.62 Å². The highest BCUT2D eigenvalue weighted by molar-refractivity contribution is 7.90. The lowest BCUT2D eigenvalue weighted by atomic mass is 10.0. The van der Waals surface area contributed by atoms with E-state index in [1.54, 1.807) is 4.90 Å². The van der Waals surface area contributed by atoms with Crippen molar-refractivity contribution in [1.29, 1.82) is 0 Å². The molecule has 1 unspecified atom stereocenters. The van der Waals surface area contributed by atoms with Gasteiger partial charge in [0.25, 0.3) is 0 Å². The number of carboxylic acid groups (broad SMARTS) is 1. The highest BCUT2D eigenvalue weighted by Crippen LogP contribution is 2.29. The Bertz CT molecular complexity index is 492. The van der Waals surface area contributed by atoms with E-state index in [1.807, 2.05) is 0 Å². The molecule has 114 valence electrons. The number of amides is 1. The summed E-state index contributed by atoms with van der Waals surface area (Å²) < 4.78 is 25.9. The molecular weight excluding hydrogens is 284 g/mol. The van der Waals surface area contributed by atoms with E-state index < -0.39 is 27.3 Å². The van der Waals surface area contributed by atoms with Gasteiger partial charge in [-0.2, -0.15) is 0 Å². The lowest BCUT2D eigenvalue weighted by Crippen LogP contribution is -2.61. The van der Waals surface area contributed by atoms with E-state index in [4.69, 9.17) is 5.11 Å². The van der Waals surface area contributed by atoms with Crippen molar-refractivity contribution in [2.45, 2.75) is 43.9 Å². The summed E-state index contributed by atoms with van der Waals surface area (Å²) in [6.45, 7) is 1.61. The zero-order valence-corrected chi connectivity index (χ0v) is 12.2. The molecule has 2 rings (SSSR count). The fraction of sp³-hybridized carbons (Fsp3) is 0.833. The van der Waals surface area contributed by atoms with Gasteiger partial charge in [0.15, 0.2) is 0 Å². The predicted molar refractivity (Wildman–Crippen MR) is 71.5 cm³/mol. The molecule has 0 aromatic rings. The molecule has 0 aromatic heterocycles. The molecule has 2 fully saturated rings. The molecule has 0 radical (unpaired) electrons. The number of carboxylic acids is 1. The van der Waals surface area contributed by atoms with Crippen LogP contribution < -0.4 is 4.72 Å². The largest absolute Gasteiger partial charge is 0.480 e. The molecule has 8 heteroatoms. The number of rotatable bonds is 5. The van der Waals surface area contributed by atoms with Crippen LogP contribution in [0.3, 0.4) is 0 Å². The van der Waals surface area contributed by atoms with Crippen LogP contribution in [0.4, 0.5) is 0 Å². The van der Waals surface area contributed by atoms with Gasteiger partial charge in [-0.15, -0.1) is 0 Å². The molecule has 1 aliphatic heterocycles. The number of nitrogens with one attached hydrogen (secondary N) is 1. The van der Waals surface area contributed by atoms with Crippen LogP contribution in [-0.2, 0) is 19.6 Å². The number of aliphatic carboxylic acids is 1. The van der Waals surface area contributed by atoms with Crippen molar-refractivity contribution < 1.29 is 23.1 Å². The summed E-state index contributed by atoms with van der Waals surface area (Å²) in [5.74, 6) is -1.13. The zero-order valence-electron chi connectivity index (χ0n) is 11.4. The second kappa shape index (κ2) is 5.69. The first-order valence-electron chi connectivity index (χ1n) is 6.84. The van der Waals surface area contributed by atoms with E-state index in [2.05, 4.69) is 4.72 Å². The fourth-order valence-electron chi connectivity index (χ4n) is 2.64. The number of likely N-dealkylation sites (tertiary alicyclic amines) is 1. The Kier molecular flexibility index (Phi) is 4.33. The molecule has 1 heterocycles. The first-order valence-corrected chi connectivity index (χ1v) is 8.38. The minimum Gasteiger partial charge on any atom is -0.480 e. The smallest absolute Gasteiger partial charge is 0.321 e. The standard InChI is InChI=1S/C12H20N2O5S/c1-8(12(16)17)13-20(18,19)10-6-14(7-10)11(15)9-4-2-3-5-9/h8-10,13H,2-7H2,1H3,(H,16,17). The molecule has 1 saturated carbocycles. The monoisotopic (exact) mass is 304 g/mol. The Morgan fingerprint density at radius 2 is 1.80 bits per heavy atom. The van der Waals surface area contributed by atoms with Crippen molar-refractivity contribution in [2.75, 3.05) is 13.1 Å². The maximum absolute atomic E-state index is 12.0. The topological polar surface area (TPSA) is 104 Å². The second-order valence-electron chi connectivity index (χ2n) is 5.57. The Morgan fingerprint density at radius 1 is 1.25 bits per heavy atom. The Balaban J connectivity index is 1.85. The molecule has 7 nitrogen and oxygen atoms in total. The van der Waals surface area contributed by atoms with Crippen molar-refractivity contribution >= 4 is 21.9 Å². The lowest BCUT2D eigenvalue weighted by Gasteiger charge is -2.40. The van der Waals surface area contributed by atoms with E-state index in [0.29, 0.717) is 0 Å². The molecule has 2 N–H and O–H groups in total. The number of carbonyl (C=O) groups is 2. The lowest BCUT2D eigenvalue weighted by molar-refractivity contribution is -0.139. The summed E-state index contributed by atoms with van der Waals surface area (Å²) in [5, 5.41) is 8.01. The molecule has 20 heavy (non-hydrogen) atoms. The predicted octanol–water partition coefficient (Wildman–Crippen LogP) is -0.220. The molecule has 0 spiro atoms. The number of carbonyl (C=O) groups excluding carboxylic acids is 1. The van der Waals surface area contributed by atoms with Gasteiger partial charge in [0, 0.05) is 19.0 Å². The van der Waals surface area contributed by atoms with E-state index >= 15 is 0 Å². The van der Waals surface area contributed by atoms with Crippen LogP contribution in [0.1, 0.15) is 32.6 Å². The minimum atomic E-state index is -3.68. The van der Waals surface area contributed by atoms with Gasteiger partial charge in [0.2, 0.25) is 15.9 Å². The highest BCUT2D eigenvalue weighted by atomic mass is 32.2. The average molecular weight is 304 g/mol. The molecule has 2 aliphatic rings. The van der Waals surface area contributed by atoms with Crippen LogP contribution in [0.25, 0.3) is 0 Å². The van der Waals surface area contributed by atoms with Crippen molar-refractivity contribution in [3.63, 3.8) is 0 Å². The first-order chi connectivity index (χ1) is 9.31. The average Bonchev–Trinajstić information content (AvgIpc) is 2.78.